The number of nitrogens with zero attached hydrogens (tertiary/aromatic N) is 6. The summed E-state index contributed by atoms with van der Waals surface area (Å²) in [5.41, 5.74) is 16.0. The van der Waals surface area contributed by atoms with Crippen LogP contribution >= 0.6 is 11.8 Å². The number of nitrogen functional groups attached to an aromatic ring is 2. The van der Waals surface area contributed by atoms with Gasteiger partial charge in [0.25, 0.3) is 0 Å². The Hall–Kier alpha value is -5.87. The maximum Gasteiger partial charge on any atom is 2.00 e. The summed E-state index contributed by atoms with van der Waals surface area (Å²) in [7, 11) is 0. The van der Waals surface area contributed by atoms with Gasteiger partial charge in [0.2, 0.25) is 0 Å². The maximum atomic E-state index is 9.88. The van der Waals surface area contributed by atoms with Gasteiger partial charge in [0.15, 0.2) is 23.0 Å². The zero-order chi connectivity index (χ0) is 39.5. The summed E-state index contributed by atoms with van der Waals surface area (Å²) in [4.78, 5) is 9.51. The smallest absolute Gasteiger partial charge is 1.00 e. The van der Waals surface area contributed by atoms with E-state index in [2.05, 4.69) is 34.2 Å². The van der Waals surface area contributed by atoms with Gasteiger partial charge >= 0.3 is 23.1 Å². The molecule has 0 radical (unpaired) electrons. The number of fused-ring (bicyclic) bond motifs is 2. The minimum atomic E-state index is 0. The molecular weight excluding hydrogens is 772 g/mol. The van der Waals surface area contributed by atoms with E-state index < -0.39 is 0 Å². The SMILES string of the molecule is CC(C)c1nc(N)c(C#N)c(-c2ccc3c(c2)OCCO3)c1C#N.C[CH-]C.N#Cc1c(N)nc(Sc2ccccc2)c(C#N)c1-c1ccc2c(c1)OCCO2.[Cl-].[Mg+2]. The Bertz CT molecular complexity index is 2390. The van der Waals surface area contributed by atoms with E-state index >= 15 is 0 Å². The molecule has 57 heavy (non-hydrogen) atoms. The van der Waals surface area contributed by atoms with E-state index in [-0.39, 0.29) is 64.1 Å². The number of aromatic nitrogens is 2. The van der Waals surface area contributed by atoms with Gasteiger partial charge < -0.3 is 49.2 Å². The molecule has 2 aliphatic rings. The number of rotatable bonds is 5. The zero-order valence-electron chi connectivity index (χ0n) is 31.8. The predicted molar refractivity (Wildman–Crippen MR) is 215 cm³/mol. The number of hydrogen-bond acceptors (Lipinski definition) is 13. The first-order chi connectivity index (χ1) is 26.7. The van der Waals surface area contributed by atoms with Crippen LogP contribution in [0, 0.1) is 51.7 Å². The number of anilines is 2. The van der Waals surface area contributed by atoms with E-state index in [1.165, 1.54) is 11.8 Å². The van der Waals surface area contributed by atoms with E-state index in [0.717, 1.165) is 4.90 Å². The van der Waals surface area contributed by atoms with Crippen LogP contribution in [0.5, 0.6) is 23.0 Å². The van der Waals surface area contributed by atoms with Crippen molar-refractivity contribution in [1.29, 1.82) is 21.0 Å². The molecule has 0 bridgehead atoms. The Morgan fingerprint density at radius 3 is 1.49 bits per heavy atom. The molecule has 0 aliphatic carbocycles. The molecule has 5 aromatic rings. The van der Waals surface area contributed by atoms with Gasteiger partial charge in [-0.15, -0.1) is 0 Å². The molecule has 7 rings (SSSR count). The fourth-order valence-electron chi connectivity index (χ4n) is 5.71. The van der Waals surface area contributed by atoms with Crippen molar-refractivity contribution in [2.45, 2.75) is 43.5 Å². The van der Waals surface area contributed by atoms with Crippen molar-refractivity contribution in [3.8, 4) is 69.5 Å². The number of benzene rings is 3. The number of pyridine rings is 2. The van der Waals surface area contributed by atoms with E-state index in [1.807, 2.05) is 64.4 Å². The molecule has 15 heteroatoms. The molecule has 2 aliphatic heterocycles. The fourth-order valence-corrected chi connectivity index (χ4v) is 6.62. The van der Waals surface area contributed by atoms with Crippen LogP contribution in [-0.4, -0.2) is 59.4 Å². The second-order valence-electron chi connectivity index (χ2n) is 12.2. The minimum Gasteiger partial charge on any atom is -1.00 e. The topological polar surface area (TPSA) is 210 Å². The third-order valence-electron chi connectivity index (χ3n) is 8.06. The van der Waals surface area contributed by atoms with Crippen LogP contribution in [0.4, 0.5) is 11.6 Å². The van der Waals surface area contributed by atoms with Gasteiger partial charge in [-0.1, -0.05) is 55.9 Å². The monoisotopic (exact) mass is 808 g/mol. The van der Waals surface area contributed by atoms with E-state index in [4.69, 9.17) is 30.4 Å². The van der Waals surface area contributed by atoms with Gasteiger partial charge in [0, 0.05) is 16.0 Å². The average Bonchev–Trinajstić information content (AvgIpc) is 3.20. The molecule has 4 N–H and O–H groups in total. The van der Waals surface area contributed by atoms with E-state index in [1.54, 1.807) is 36.4 Å². The van der Waals surface area contributed by atoms with Crippen molar-refractivity contribution >= 4 is 46.5 Å². The molecule has 0 fully saturated rings. The summed E-state index contributed by atoms with van der Waals surface area (Å²) in [6.45, 7) is 9.76. The Morgan fingerprint density at radius 1 is 0.632 bits per heavy atom. The molecule has 0 saturated heterocycles. The molecule has 0 amide bonds. The van der Waals surface area contributed by atoms with Gasteiger partial charge in [0.05, 0.1) is 16.8 Å². The second-order valence-corrected chi connectivity index (χ2v) is 13.3. The van der Waals surface area contributed by atoms with Crippen molar-refractivity contribution in [1.82, 2.24) is 9.97 Å². The molecule has 0 spiro atoms. The molecule has 0 atom stereocenters. The molecule has 2 aromatic heterocycles. The van der Waals surface area contributed by atoms with E-state index in [9.17, 15) is 21.0 Å². The summed E-state index contributed by atoms with van der Waals surface area (Å²) >= 11 is 1.33. The molecular formula is C42H37ClMgN8O4S. The van der Waals surface area contributed by atoms with E-state index in [0.29, 0.717) is 93.5 Å². The number of hydrogen-bond donors (Lipinski definition) is 2. The van der Waals surface area contributed by atoms with Gasteiger partial charge in [-0.25, -0.2) is 9.97 Å². The van der Waals surface area contributed by atoms with Gasteiger partial charge in [-0.2, -0.15) is 34.9 Å². The standard InChI is InChI=1S/C21H14N4O2S.C18H16N4O2.C3H7.ClH.Mg/c22-11-15-19(13-6-7-17-18(10-13)27-9-8-26-17)16(12-23)21(25-20(15)24)28-14-4-2-1-3-5-14;1-10(2)17-12(8-19)16(13(9-20)18(21)22-17)11-3-4-14-15(7-11)24-6-5-23-14;1-3-2;;/h1-7,10H,8-9H2,(H2,24,25);3-4,7,10H,5-6H2,1-2H3,(H2,21,22);3H,1-2H3;1H;/q;;-1;;+2/p-1. The number of halogens is 1. The fraction of sp³-hybridized carbons (Fsp3) is 0.214. The quantitative estimate of drug-likeness (QED) is 0.181. The van der Waals surface area contributed by atoms with Crippen LogP contribution in [0.1, 0.15) is 61.6 Å². The average molecular weight is 810 g/mol. The van der Waals surface area contributed by atoms with Crippen molar-refractivity contribution in [3.05, 3.63) is 101 Å². The third-order valence-corrected chi connectivity index (χ3v) is 9.06. The van der Waals surface area contributed by atoms with Crippen LogP contribution in [-0.2, 0) is 0 Å². The van der Waals surface area contributed by atoms with Crippen molar-refractivity contribution in [2.75, 3.05) is 37.9 Å². The van der Waals surface area contributed by atoms with Crippen molar-refractivity contribution in [2.24, 2.45) is 0 Å². The Kier molecular flexibility index (Phi) is 17.1. The largest absolute Gasteiger partial charge is 2.00 e. The molecule has 284 valence electrons. The Morgan fingerprint density at radius 2 is 1.05 bits per heavy atom. The first kappa shape index (κ1) is 45.5. The van der Waals surface area contributed by atoms with Crippen LogP contribution in [0.3, 0.4) is 0 Å². The third kappa shape index (κ3) is 10.3. The number of nitrogens with two attached hydrogens (primary N) is 2. The van der Waals surface area contributed by atoms with Gasteiger partial charge in [-0.3, -0.25) is 0 Å². The first-order valence-corrected chi connectivity index (χ1v) is 18.0. The second kappa shape index (κ2) is 21.4. The summed E-state index contributed by atoms with van der Waals surface area (Å²) in [5.74, 6) is 2.67. The van der Waals surface area contributed by atoms with Crippen LogP contribution in [0.25, 0.3) is 22.3 Å². The molecule has 0 saturated carbocycles. The van der Waals surface area contributed by atoms with Crippen LogP contribution < -0.4 is 42.8 Å². The van der Waals surface area contributed by atoms with Gasteiger partial charge in [-0.05, 0) is 53.4 Å². The molecule has 3 aromatic carbocycles. The summed E-state index contributed by atoms with van der Waals surface area (Å²) in [5, 5.41) is 39.2. The predicted octanol–water partition coefficient (Wildman–Crippen LogP) is 4.82. The van der Waals surface area contributed by atoms with Crippen LogP contribution in [0.2, 0.25) is 0 Å². The van der Waals surface area contributed by atoms with Crippen molar-refractivity contribution in [3.63, 3.8) is 0 Å². The summed E-state index contributed by atoms with van der Waals surface area (Å²) < 4.78 is 22.3. The number of ether oxygens (including phenoxy) is 4. The maximum absolute atomic E-state index is 9.88. The molecule has 12 nitrogen and oxygen atoms in total. The Balaban J connectivity index is 0.000000279. The Labute approximate surface area is 358 Å². The molecule has 4 heterocycles. The van der Waals surface area contributed by atoms with Crippen molar-refractivity contribution < 1.29 is 31.4 Å². The summed E-state index contributed by atoms with van der Waals surface area (Å²) in [6.07, 6.45) is 2.00. The van der Waals surface area contributed by atoms with Gasteiger partial charge in [0.1, 0.15) is 78.5 Å². The normalized spacial score (nSPS) is 11.5. The number of nitriles is 4. The van der Waals surface area contributed by atoms with Crippen LogP contribution in [0.15, 0.2) is 76.7 Å². The first-order valence-electron chi connectivity index (χ1n) is 17.2. The molecule has 0 unspecified atom stereocenters. The zero-order valence-corrected chi connectivity index (χ0v) is 34.8. The summed E-state index contributed by atoms with van der Waals surface area (Å²) in [6, 6.07) is 28.8. The minimum absolute atomic E-state index is 0.